The summed E-state index contributed by atoms with van der Waals surface area (Å²) in [5, 5.41) is 0. The largest absolute Gasteiger partial charge is 0.300 e. The monoisotopic (exact) mass is 196 g/mol. The van der Waals surface area contributed by atoms with Crippen molar-refractivity contribution >= 4 is 11.6 Å². The van der Waals surface area contributed by atoms with Gasteiger partial charge in [0.25, 0.3) is 0 Å². The molecule has 1 rings (SSSR count). The Balaban J connectivity index is 2.60. The summed E-state index contributed by atoms with van der Waals surface area (Å²) < 4.78 is 0. The highest BCUT2D eigenvalue weighted by molar-refractivity contribution is 5.88. The average molecular weight is 196 g/mol. The normalized spacial score (nSPS) is 28.6. The second kappa shape index (κ2) is 5.28. The van der Waals surface area contributed by atoms with Crippen LogP contribution in [-0.4, -0.2) is 11.6 Å². The van der Waals surface area contributed by atoms with Gasteiger partial charge in [-0.25, -0.2) is 0 Å². The summed E-state index contributed by atoms with van der Waals surface area (Å²) in [4.78, 5) is 23.1. The molecule has 0 aromatic carbocycles. The summed E-state index contributed by atoms with van der Waals surface area (Å²) in [5.74, 6) is 0.972. The van der Waals surface area contributed by atoms with Crippen LogP contribution >= 0.6 is 0 Å². The van der Waals surface area contributed by atoms with Gasteiger partial charge in [-0.05, 0) is 18.8 Å². The van der Waals surface area contributed by atoms with Crippen LogP contribution in [0.2, 0.25) is 0 Å². The molecule has 0 radical (unpaired) electrons. The van der Waals surface area contributed by atoms with Crippen molar-refractivity contribution in [2.75, 3.05) is 0 Å². The van der Waals surface area contributed by atoms with E-state index in [1.165, 1.54) is 0 Å². The van der Waals surface area contributed by atoms with Crippen molar-refractivity contribution in [1.29, 1.82) is 0 Å². The Kier molecular flexibility index (Phi) is 4.30. The van der Waals surface area contributed by atoms with Crippen LogP contribution in [0.5, 0.6) is 0 Å². The minimum atomic E-state index is 0.0185. The number of carbonyl (C=O) groups is 2. The van der Waals surface area contributed by atoms with Gasteiger partial charge in [0.1, 0.15) is 11.6 Å². The number of ketones is 2. The standard InChI is InChI=1S/C12H20O2/c1-3-10(13)8-11-9(2)6-4-5-7-12(11)14/h9,11H,3-8H2,1-2H3. The fourth-order valence-corrected chi connectivity index (χ4v) is 2.17. The zero-order valence-corrected chi connectivity index (χ0v) is 9.21. The third-order valence-corrected chi connectivity index (χ3v) is 3.28. The zero-order chi connectivity index (χ0) is 10.6. The quantitative estimate of drug-likeness (QED) is 0.650. The molecule has 1 aliphatic rings. The molecule has 0 bridgehead atoms. The first-order chi connectivity index (χ1) is 6.65. The van der Waals surface area contributed by atoms with Gasteiger partial charge in [0.2, 0.25) is 0 Å². The maximum atomic E-state index is 11.7. The molecule has 1 fully saturated rings. The molecule has 2 atom stereocenters. The van der Waals surface area contributed by atoms with Crippen molar-refractivity contribution in [3.8, 4) is 0 Å². The molecule has 0 heterocycles. The Hall–Kier alpha value is -0.660. The highest BCUT2D eigenvalue weighted by atomic mass is 16.1. The molecule has 0 N–H and O–H groups in total. The molecule has 0 spiro atoms. The zero-order valence-electron chi connectivity index (χ0n) is 9.21. The molecule has 0 amide bonds. The number of carbonyl (C=O) groups excluding carboxylic acids is 2. The maximum Gasteiger partial charge on any atom is 0.136 e. The van der Waals surface area contributed by atoms with Crippen LogP contribution in [0.15, 0.2) is 0 Å². The molecule has 2 heteroatoms. The van der Waals surface area contributed by atoms with E-state index in [0.717, 1.165) is 19.3 Å². The van der Waals surface area contributed by atoms with Crippen LogP contribution < -0.4 is 0 Å². The minimum Gasteiger partial charge on any atom is -0.300 e. The van der Waals surface area contributed by atoms with E-state index in [0.29, 0.717) is 31.0 Å². The molecule has 0 saturated heterocycles. The van der Waals surface area contributed by atoms with E-state index in [9.17, 15) is 9.59 Å². The van der Waals surface area contributed by atoms with Gasteiger partial charge in [-0.15, -0.1) is 0 Å². The third kappa shape index (κ3) is 2.93. The molecule has 2 nitrogen and oxygen atoms in total. The Morgan fingerprint density at radius 1 is 1.43 bits per heavy atom. The highest BCUT2D eigenvalue weighted by Crippen LogP contribution is 2.28. The average Bonchev–Trinajstić information content (AvgIpc) is 2.32. The van der Waals surface area contributed by atoms with Crippen molar-refractivity contribution in [1.82, 2.24) is 0 Å². The SMILES string of the molecule is CCC(=O)CC1C(=O)CCCCC1C. The van der Waals surface area contributed by atoms with Crippen LogP contribution in [-0.2, 0) is 9.59 Å². The summed E-state index contributed by atoms with van der Waals surface area (Å²) in [6, 6.07) is 0. The molecule has 80 valence electrons. The van der Waals surface area contributed by atoms with E-state index in [1.807, 2.05) is 6.92 Å². The fourth-order valence-electron chi connectivity index (χ4n) is 2.17. The first kappa shape index (κ1) is 11.4. The van der Waals surface area contributed by atoms with E-state index in [1.54, 1.807) is 0 Å². The molecule has 14 heavy (non-hydrogen) atoms. The van der Waals surface area contributed by atoms with Gasteiger partial charge in [-0.2, -0.15) is 0 Å². The van der Waals surface area contributed by atoms with Gasteiger partial charge in [-0.1, -0.05) is 20.3 Å². The van der Waals surface area contributed by atoms with E-state index < -0.39 is 0 Å². The highest BCUT2D eigenvalue weighted by Gasteiger charge is 2.28. The van der Waals surface area contributed by atoms with Gasteiger partial charge in [0.15, 0.2) is 0 Å². The summed E-state index contributed by atoms with van der Waals surface area (Å²) in [7, 11) is 0. The lowest BCUT2D eigenvalue weighted by Crippen LogP contribution is -2.22. The fraction of sp³-hybridized carbons (Fsp3) is 0.833. The summed E-state index contributed by atoms with van der Waals surface area (Å²) in [5.41, 5.74) is 0. The van der Waals surface area contributed by atoms with Crippen molar-refractivity contribution in [3.05, 3.63) is 0 Å². The lowest BCUT2D eigenvalue weighted by Gasteiger charge is -2.18. The smallest absolute Gasteiger partial charge is 0.136 e. The van der Waals surface area contributed by atoms with E-state index in [4.69, 9.17) is 0 Å². The summed E-state index contributed by atoms with van der Waals surface area (Å²) >= 11 is 0. The Bertz CT molecular complexity index is 220. The Morgan fingerprint density at radius 2 is 2.14 bits per heavy atom. The first-order valence-electron chi connectivity index (χ1n) is 5.69. The van der Waals surface area contributed by atoms with E-state index in [2.05, 4.69) is 6.92 Å². The van der Waals surface area contributed by atoms with Gasteiger partial charge in [0.05, 0.1) is 0 Å². The minimum absolute atomic E-state index is 0.0185. The molecule has 1 saturated carbocycles. The van der Waals surface area contributed by atoms with Gasteiger partial charge < -0.3 is 0 Å². The van der Waals surface area contributed by atoms with Gasteiger partial charge in [-0.3, -0.25) is 9.59 Å². The molecule has 0 aromatic heterocycles. The van der Waals surface area contributed by atoms with Crippen molar-refractivity contribution in [3.63, 3.8) is 0 Å². The van der Waals surface area contributed by atoms with E-state index >= 15 is 0 Å². The second-order valence-electron chi connectivity index (χ2n) is 4.39. The number of hydrogen-bond acceptors (Lipinski definition) is 2. The van der Waals surface area contributed by atoms with Gasteiger partial charge in [0, 0.05) is 25.2 Å². The molecule has 0 aromatic rings. The first-order valence-corrected chi connectivity index (χ1v) is 5.69. The van der Waals surface area contributed by atoms with E-state index in [-0.39, 0.29) is 11.7 Å². The molecule has 0 aliphatic heterocycles. The molecular formula is C12H20O2. The third-order valence-electron chi connectivity index (χ3n) is 3.28. The predicted molar refractivity (Wildman–Crippen MR) is 56.0 cm³/mol. The molecule has 2 unspecified atom stereocenters. The second-order valence-corrected chi connectivity index (χ2v) is 4.39. The summed E-state index contributed by atoms with van der Waals surface area (Å²) in [6.45, 7) is 3.98. The van der Waals surface area contributed by atoms with Crippen molar-refractivity contribution < 1.29 is 9.59 Å². The predicted octanol–water partition coefficient (Wildman–Crippen LogP) is 2.75. The lowest BCUT2D eigenvalue weighted by atomic mass is 9.84. The van der Waals surface area contributed by atoms with Crippen molar-refractivity contribution in [2.45, 2.75) is 52.4 Å². The molecule has 1 aliphatic carbocycles. The molecular weight excluding hydrogens is 176 g/mol. The van der Waals surface area contributed by atoms with Crippen LogP contribution in [0, 0.1) is 11.8 Å². The maximum absolute atomic E-state index is 11.7. The Labute approximate surface area is 86.1 Å². The number of Topliss-reactive ketones (excluding diaryl/α,β-unsaturated/α-hetero) is 2. The topological polar surface area (TPSA) is 34.1 Å². The van der Waals surface area contributed by atoms with Crippen molar-refractivity contribution in [2.24, 2.45) is 11.8 Å². The lowest BCUT2D eigenvalue weighted by molar-refractivity contribution is -0.129. The summed E-state index contributed by atoms with van der Waals surface area (Å²) in [6.07, 6.45) is 5.00. The van der Waals surface area contributed by atoms with Gasteiger partial charge >= 0.3 is 0 Å². The van der Waals surface area contributed by atoms with Crippen LogP contribution in [0.25, 0.3) is 0 Å². The number of hydrogen-bond donors (Lipinski definition) is 0. The van der Waals surface area contributed by atoms with Crippen LogP contribution in [0.4, 0.5) is 0 Å². The van der Waals surface area contributed by atoms with Crippen LogP contribution in [0.1, 0.15) is 52.4 Å². The Morgan fingerprint density at radius 3 is 2.79 bits per heavy atom. The number of rotatable bonds is 3. The van der Waals surface area contributed by atoms with Crippen LogP contribution in [0.3, 0.4) is 0 Å².